The first kappa shape index (κ1) is 24.4. The van der Waals surface area contributed by atoms with E-state index in [1.54, 1.807) is 13.4 Å². The van der Waals surface area contributed by atoms with Crippen LogP contribution in [0.2, 0.25) is 0 Å². The highest BCUT2D eigenvalue weighted by molar-refractivity contribution is 5.48. The lowest BCUT2D eigenvalue weighted by Gasteiger charge is -2.39. The molecule has 0 bridgehead atoms. The van der Waals surface area contributed by atoms with Gasteiger partial charge in [0.05, 0.1) is 45.4 Å². The number of ether oxygens (including phenoxy) is 5. The zero-order chi connectivity index (χ0) is 22.7. The molecule has 0 aromatic heterocycles. The second-order valence-electron chi connectivity index (χ2n) is 9.04. The lowest BCUT2D eigenvalue weighted by molar-refractivity contribution is -0.200. The maximum atomic E-state index is 6.60. The molecule has 0 radical (unpaired) electrons. The van der Waals surface area contributed by atoms with Crippen LogP contribution in [0.5, 0.6) is 0 Å². The predicted octanol–water partition coefficient (Wildman–Crippen LogP) is 4.27. The molecule has 2 saturated heterocycles. The maximum Gasteiger partial charge on any atom is 0.158 e. The average Bonchev–Trinajstić information content (AvgIpc) is 3.20. The van der Waals surface area contributed by atoms with Gasteiger partial charge < -0.3 is 23.7 Å². The summed E-state index contributed by atoms with van der Waals surface area (Å²) in [6, 6.07) is 10.6. The predicted molar refractivity (Wildman–Crippen MR) is 129 cm³/mol. The maximum absolute atomic E-state index is 6.60. The molecule has 1 saturated carbocycles. The average molecular weight is 458 g/mol. The van der Waals surface area contributed by atoms with Crippen LogP contribution in [0.3, 0.4) is 0 Å². The SMILES string of the molecule is COC=CC[C@H]1[C@H](N2CCOCC2)[C@@H](OC2CCCCO2)C[C@H]1OC/C=C/c1ccccc1. The summed E-state index contributed by atoms with van der Waals surface area (Å²) in [7, 11) is 1.69. The van der Waals surface area contributed by atoms with Crippen molar-refractivity contribution in [2.75, 3.05) is 46.6 Å². The van der Waals surface area contributed by atoms with E-state index in [9.17, 15) is 0 Å². The first-order chi connectivity index (χ1) is 16.3. The number of benzene rings is 1. The Morgan fingerprint density at radius 3 is 2.64 bits per heavy atom. The summed E-state index contributed by atoms with van der Waals surface area (Å²) in [6.45, 7) is 4.79. The molecule has 0 spiro atoms. The molecule has 6 heteroatoms. The van der Waals surface area contributed by atoms with E-state index in [1.807, 2.05) is 6.07 Å². The number of hydrogen-bond acceptors (Lipinski definition) is 6. The molecule has 2 aliphatic heterocycles. The zero-order valence-corrected chi connectivity index (χ0v) is 19.8. The number of morpholine rings is 1. The fraction of sp³-hybridized carbons (Fsp3) is 0.630. The summed E-state index contributed by atoms with van der Waals surface area (Å²) in [5.41, 5.74) is 1.19. The molecular weight excluding hydrogens is 418 g/mol. The first-order valence-electron chi connectivity index (χ1n) is 12.4. The summed E-state index contributed by atoms with van der Waals surface area (Å²) in [5, 5.41) is 0. The van der Waals surface area contributed by atoms with Crippen LogP contribution in [0.25, 0.3) is 6.08 Å². The van der Waals surface area contributed by atoms with Gasteiger partial charge in [0.1, 0.15) is 0 Å². The molecule has 1 aromatic carbocycles. The van der Waals surface area contributed by atoms with E-state index < -0.39 is 0 Å². The Bertz CT molecular complexity index is 727. The normalized spacial score (nSPS) is 31.5. The molecule has 3 aliphatic rings. The van der Waals surface area contributed by atoms with Crippen molar-refractivity contribution < 1.29 is 23.7 Å². The fourth-order valence-corrected chi connectivity index (χ4v) is 5.29. The van der Waals surface area contributed by atoms with Crippen LogP contribution in [-0.4, -0.2) is 76.1 Å². The van der Waals surface area contributed by atoms with Gasteiger partial charge in [-0.1, -0.05) is 42.5 Å². The molecule has 182 valence electrons. The summed E-state index contributed by atoms with van der Waals surface area (Å²) >= 11 is 0. The lowest BCUT2D eigenvalue weighted by Crippen LogP contribution is -2.51. The van der Waals surface area contributed by atoms with E-state index in [4.69, 9.17) is 23.7 Å². The third-order valence-electron chi connectivity index (χ3n) is 6.85. The summed E-state index contributed by atoms with van der Waals surface area (Å²) in [4.78, 5) is 2.55. The van der Waals surface area contributed by atoms with Gasteiger partial charge in [0.25, 0.3) is 0 Å². The monoisotopic (exact) mass is 457 g/mol. The highest BCUT2D eigenvalue weighted by Gasteiger charge is 2.48. The van der Waals surface area contributed by atoms with Gasteiger partial charge in [-0.2, -0.15) is 0 Å². The van der Waals surface area contributed by atoms with Gasteiger partial charge in [-0.15, -0.1) is 0 Å². The van der Waals surface area contributed by atoms with Gasteiger partial charge in [0.2, 0.25) is 0 Å². The first-order valence-corrected chi connectivity index (χ1v) is 12.4. The van der Waals surface area contributed by atoms with E-state index in [-0.39, 0.29) is 24.5 Å². The number of methoxy groups -OCH3 is 1. The Hall–Kier alpha value is -1.70. The van der Waals surface area contributed by atoms with Crippen LogP contribution >= 0.6 is 0 Å². The lowest BCUT2D eigenvalue weighted by atomic mass is 9.95. The molecule has 5 atom stereocenters. The van der Waals surface area contributed by atoms with Crippen molar-refractivity contribution in [1.29, 1.82) is 0 Å². The van der Waals surface area contributed by atoms with Crippen molar-refractivity contribution in [2.24, 2.45) is 5.92 Å². The second-order valence-corrected chi connectivity index (χ2v) is 9.04. The quantitative estimate of drug-likeness (QED) is 0.489. The third kappa shape index (κ3) is 7.14. The Balaban J connectivity index is 1.46. The van der Waals surface area contributed by atoms with E-state index in [1.165, 1.54) is 12.0 Å². The van der Waals surface area contributed by atoms with E-state index >= 15 is 0 Å². The molecule has 0 amide bonds. The largest absolute Gasteiger partial charge is 0.505 e. The van der Waals surface area contributed by atoms with E-state index in [0.29, 0.717) is 12.5 Å². The molecule has 1 aliphatic carbocycles. The van der Waals surface area contributed by atoms with Crippen molar-refractivity contribution in [3.63, 3.8) is 0 Å². The Morgan fingerprint density at radius 2 is 1.88 bits per heavy atom. The van der Waals surface area contributed by atoms with Gasteiger partial charge in [-0.05, 0) is 37.3 Å². The van der Waals surface area contributed by atoms with E-state index in [2.05, 4.69) is 47.4 Å². The number of allylic oxidation sites excluding steroid dienone is 1. The molecule has 33 heavy (non-hydrogen) atoms. The van der Waals surface area contributed by atoms with Crippen LogP contribution in [0.4, 0.5) is 0 Å². The van der Waals surface area contributed by atoms with Crippen molar-refractivity contribution in [3.8, 4) is 0 Å². The van der Waals surface area contributed by atoms with E-state index in [0.717, 1.165) is 58.6 Å². The minimum atomic E-state index is -0.0980. The van der Waals surface area contributed by atoms with Crippen LogP contribution in [0.1, 0.15) is 37.7 Å². The van der Waals surface area contributed by atoms with Crippen LogP contribution in [0, 0.1) is 5.92 Å². The van der Waals surface area contributed by atoms with Gasteiger partial charge >= 0.3 is 0 Å². The molecule has 4 rings (SSSR count). The number of rotatable bonds is 10. The fourth-order valence-electron chi connectivity index (χ4n) is 5.29. The smallest absolute Gasteiger partial charge is 0.158 e. The summed E-state index contributed by atoms with van der Waals surface area (Å²) in [6.07, 6.45) is 13.3. The number of hydrogen-bond donors (Lipinski definition) is 0. The topological polar surface area (TPSA) is 49.4 Å². The van der Waals surface area contributed by atoms with Crippen molar-refractivity contribution in [3.05, 3.63) is 54.3 Å². The third-order valence-corrected chi connectivity index (χ3v) is 6.85. The van der Waals surface area contributed by atoms with Crippen LogP contribution < -0.4 is 0 Å². The van der Waals surface area contributed by atoms with Crippen molar-refractivity contribution >= 4 is 6.08 Å². The van der Waals surface area contributed by atoms with Gasteiger partial charge in [0, 0.05) is 38.1 Å². The highest BCUT2D eigenvalue weighted by Crippen LogP contribution is 2.39. The minimum Gasteiger partial charge on any atom is -0.505 e. The van der Waals surface area contributed by atoms with Gasteiger partial charge in [-0.25, -0.2) is 0 Å². The Labute approximate surface area is 198 Å². The Kier molecular flexibility index (Phi) is 9.81. The molecule has 1 unspecified atom stereocenters. The minimum absolute atomic E-state index is 0.0928. The molecule has 2 heterocycles. The van der Waals surface area contributed by atoms with Crippen LogP contribution in [0.15, 0.2) is 48.7 Å². The highest BCUT2D eigenvalue weighted by atomic mass is 16.7. The van der Waals surface area contributed by atoms with Gasteiger partial charge in [0.15, 0.2) is 6.29 Å². The molecule has 0 N–H and O–H groups in total. The number of nitrogens with zero attached hydrogens (tertiary/aromatic N) is 1. The summed E-state index contributed by atoms with van der Waals surface area (Å²) in [5.74, 6) is 0.327. The zero-order valence-electron chi connectivity index (χ0n) is 19.8. The standard InChI is InChI=1S/C27H39NO5/c1-29-16-8-12-23-24(31-18-7-11-22-9-3-2-4-10-22)21-25(33-26-13-5-6-17-32-26)27(23)28-14-19-30-20-15-28/h2-4,7-11,16,23-27H,5-6,12-15,17-21H2,1H3/b11-7+,16-8?/t23-,24-,25+,26?,27+/m1/s1. The summed E-state index contributed by atoms with van der Waals surface area (Å²) < 4.78 is 29.9. The molecule has 1 aromatic rings. The van der Waals surface area contributed by atoms with Gasteiger partial charge in [-0.3, -0.25) is 4.90 Å². The molecular formula is C27H39NO5. The van der Waals surface area contributed by atoms with Crippen molar-refractivity contribution in [1.82, 2.24) is 4.90 Å². The second kappa shape index (κ2) is 13.3. The van der Waals surface area contributed by atoms with Crippen LogP contribution in [-0.2, 0) is 23.7 Å². The van der Waals surface area contributed by atoms with Crippen molar-refractivity contribution in [2.45, 2.75) is 56.6 Å². The molecule has 3 fully saturated rings. The Morgan fingerprint density at radius 1 is 1.03 bits per heavy atom. The molecule has 6 nitrogen and oxygen atoms in total.